The second-order valence-corrected chi connectivity index (χ2v) is 17.0. The van der Waals surface area contributed by atoms with Gasteiger partial charge in [-0.3, -0.25) is 0 Å². The average Bonchev–Trinajstić information content (AvgIpc) is 3.65. The van der Waals surface area contributed by atoms with E-state index in [9.17, 15) is 0 Å². The van der Waals surface area contributed by atoms with Crippen LogP contribution in [0.15, 0.2) is 234 Å². The molecule has 62 heavy (non-hydrogen) atoms. The van der Waals surface area contributed by atoms with Crippen molar-refractivity contribution in [3.05, 3.63) is 247 Å². The molecule has 12 rings (SSSR count). The summed E-state index contributed by atoms with van der Waals surface area (Å²) in [5, 5.41) is 0. The molecule has 0 radical (unpaired) electrons. The van der Waals surface area contributed by atoms with Crippen LogP contribution < -0.4 is 0 Å². The molecule has 10 aromatic rings. The van der Waals surface area contributed by atoms with Gasteiger partial charge in [-0.05, 0) is 97.1 Å². The molecule has 3 nitrogen and oxygen atoms in total. The standard InChI is InChI=1S/C58H37N3S/c1-3-15-38(16-4-1)39-29-31-41(32-30-39)56-59-55(40-17-5-2-6-18-40)60-57(61-56)46-22-14-21-44(36-46)42-19-13-20-43(35-42)45-33-34-54-52(37-45)58(51-27-11-12-28-53(51)62-54)49-25-9-7-23-47(49)48-24-8-10-26-50(48)58/h1-37H. The third-order valence-corrected chi connectivity index (χ3v) is 13.6. The Morgan fingerprint density at radius 3 is 1.27 bits per heavy atom. The van der Waals surface area contributed by atoms with Gasteiger partial charge in [0.1, 0.15) is 0 Å². The molecule has 0 unspecified atom stereocenters. The summed E-state index contributed by atoms with van der Waals surface area (Å²) >= 11 is 1.88. The van der Waals surface area contributed by atoms with Gasteiger partial charge in [-0.15, -0.1) is 0 Å². The summed E-state index contributed by atoms with van der Waals surface area (Å²) in [6, 6.07) is 80.6. The highest BCUT2D eigenvalue weighted by molar-refractivity contribution is 7.99. The predicted molar refractivity (Wildman–Crippen MR) is 254 cm³/mol. The number of hydrogen-bond donors (Lipinski definition) is 0. The first-order valence-corrected chi connectivity index (χ1v) is 21.8. The van der Waals surface area contributed by atoms with E-state index in [-0.39, 0.29) is 0 Å². The maximum Gasteiger partial charge on any atom is 0.164 e. The lowest BCUT2D eigenvalue weighted by atomic mass is 9.67. The van der Waals surface area contributed by atoms with Crippen molar-refractivity contribution in [1.82, 2.24) is 15.0 Å². The molecular weight excluding hydrogens is 771 g/mol. The Labute approximate surface area is 365 Å². The van der Waals surface area contributed by atoms with Crippen molar-refractivity contribution < 1.29 is 0 Å². The van der Waals surface area contributed by atoms with Crippen molar-refractivity contribution >= 4 is 11.8 Å². The minimum absolute atomic E-state index is 0.418. The topological polar surface area (TPSA) is 38.7 Å². The maximum absolute atomic E-state index is 5.10. The normalized spacial score (nSPS) is 12.9. The number of hydrogen-bond acceptors (Lipinski definition) is 4. The lowest BCUT2D eigenvalue weighted by molar-refractivity contribution is 0.723. The fourth-order valence-electron chi connectivity index (χ4n) is 9.54. The van der Waals surface area contributed by atoms with Crippen molar-refractivity contribution in [2.75, 3.05) is 0 Å². The summed E-state index contributed by atoms with van der Waals surface area (Å²) in [6.07, 6.45) is 0. The molecule has 4 heteroatoms. The fourth-order valence-corrected chi connectivity index (χ4v) is 10.7. The van der Waals surface area contributed by atoms with Crippen LogP contribution in [0.1, 0.15) is 22.3 Å². The van der Waals surface area contributed by atoms with E-state index in [1.807, 2.05) is 48.2 Å². The van der Waals surface area contributed by atoms with Crippen molar-refractivity contribution in [3.8, 4) is 78.7 Å². The molecule has 0 saturated carbocycles. The van der Waals surface area contributed by atoms with Gasteiger partial charge in [0.05, 0.1) is 5.41 Å². The van der Waals surface area contributed by atoms with E-state index in [4.69, 9.17) is 15.0 Å². The van der Waals surface area contributed by atoms with Crippen LogP contribution >= 0.6 is 11.8 Å². The molecule has 1 aliphatic carbocycles. The van der Waals surface area contributed by atoms with Gasteiger partial charge in [0.15, 0.2) is 17.5 Å². The molecule has 1 spiro atoms. The molecule has 0 N–H and O–H groups in total. The van der Waals surface area contributed by atoms with Crippen LogP contribution in [-0.4, -0.2) is 15.0 Å². The summed E-state index contributed by atoms with van der Waals surface area (Å²) in [7, 11) is 0. The van der Waals surface area contributed by atoms with Gasteiger partial charge < -0.3 is 0 Å². The van der Waals surface area contributed by atoms with Gasteiger partial charge in [0.25, 0.3) is 0 Å². The van der Waals surface area contributed by atoms with Crippen LogP contribution in [-0.2, 0) is 5.41 Å². The number of fused-ring (bicyclic) bond motifs is 9. The largest absolute Gasteiger partial charge is 0.208 e. The minimum Gasteiger partial charge on any atom is -0.208 e. The predicted octanol–water partition coefficient (Wildman–Crippen LogP) is 14.7. The molecule has 2 heterocycles. The van der Waals surface area contributed by atoms with Crippen molar-refractivity contribution in [3.63, 3.8) is 0 Å². The van der Waals surface area contributed by atoms with Crippen molar-refractivity contribution in [2.45, 2.75) is 15.2 Å². The molecule has 290 valence electrons. The Morgan fingerprint density at radius 1 is 0.258 bits per heavy atom. The number of aromatic nitrogens is 3. The number of nitrogens with zero attached hydrogens (tertiary/aromatic N) is 3. The molecule has 1 aliphatic heterocycles. The van der Waals surface area contributed by atoms with Gasteiger partial charge >= 0.3 is 0 Å². The Morgan fingerprint density at radius 2 is 0.645 bits per heavy atom. The molecule has 0 amide bonds. The molecular formula is C58H37N3S. The van der Waals surface area contributed by atoms with Crippen LogP contribution in [0.25, 0.3) is 78.7 Å². The molecule has 2 aliphatic rings. The second kappa shape index (κ2) is 14.8. The monoisotopic (exact) mass is 807 g/mol. The molecule has 0 fully saturated rings. The average molecular weight is 808 g/mol. The van der Waals surface area contributed by atoms with E-state index >= 15 is 0 Å². The molecule has 0 atom stereocenters. The summed E-state index contributed by atoms with van der Waals surface area (Å²) in [5.74, 6) is 1.91. The van der Waals surface area contributed by atoms with Crippen LogP contribution in [0.5, 0.6) is 0 Å². The van der Waals surface area contributed by atoms with Gasteiger partial charge in [0, 0.05) is 26.5 Å². The van der Waals surface area contributed by atoms with Crippen LogP contribution in [0.2, 0.25) is 0 Å². The highest BCUT2D eigenvalue weighted by Gasteiger charge is 2.50. The van der Waals surface area contributed by atoms with Crippen LogP contribution in [0, 0.1) is 0 Å². The fraction of sp³-hybridized carbons (Fsp3) is 0.0172. The quantitative estimate of drug-likeness (QED) is 0.168. The summed E-state index contributed by atoms with van der Waals surface area (Å²) in [5.41, 5.74) is 17.3. The smallest absolute Gasteiger partial charge is 0.164 e. The van der Waals surface area contributed by atoms with E-state index in [0.29, 0.717) is 17.5 Å². The van der Waals surface area contributed by atoms with Gasteiger partial charge in [-0.25, -0.2) is 15.0 Å². The van der Waals surface area contributed by atoms with E-state index in [0.717, 1.165) is 33.4 Å². The Hall–Kier alpha value is -7.66. The van der Waals surface area contributed by atoms with E-state index in [1.165, 1.54) is 59.9 Å². The van der Waals surface area contributed by atoms with E-state index < -0.39 is 5.41 Å². The zero-order chi connectivity index (χ0) is 41.0. The molecule has 0 saturated heterocycles. The van der Waals surface area contributed by atoms with Gasteiger partial charge in [-0.2, -0.15) is 0 Å². The molecule has 0 bridgehead atoms. The first kappa shape index (κ1) is 36.2. The van der Waals surface area contributed by atoms with E-state index in [2.05, 4.69) is 188 Å². The lowest BCUT2D eigenvalue weighted by Crippen LogP contribution is -2.32. The molecule has 9 aromatic carbocycles. The third kappa shape index (κ3) is 5.94. The van der Waals surface area contributed by atoms with Gasteiger partial charge in [0.2, 0.25) is 0 Å². The highest BCUT2D eigenvalue weighted by Crippen LogP contribution is 2.62. The van der Waals surface area contributed by atoms with Crippen molar-refractivity contribution in [1.29, 1.82) is 0 Å². The first-order chi connectivity index (χ1) is 30.7. The lowest BCUT2D eigenvalue weighted by Gasteiger charge is -2.40. The third-order valence-electron chi connectivity index (χ3n) is 12.4. The summed E-state index contributed by atoms with van der Waals surface area (Å²) in [4.78, 5) is 17.8. The minimum atomic E-state index is -0.418. The SMILES string of the molecule is c1ccc(-c2ccc(-c3nc(-c4ccccc4)nc(-c4cccc(-c5cccc(-c6ccc7c(c6)C6(c8ccccc8S7)c7ccccc7-c7ccccc76)c5)c4)n3)cc2)cc1. The Balaban J connectivity index is 0.943. The molecule has 1 aromatic heterocycles. The highest BCUT2D eigenvalue weighted by atomic mass is 32.2. The first-order valence-electron chi connectivity index (χ1n) is 21.0. The summed E-state index contributed by atoms with van der Waals surface area (Å²) in [6.45, 7) is 0. The number of benzene rings is 9. The van der Waals surface area contributed by atoms with Gasteiger partial charge in [-0.1, -0.05) is 206 Å². The Bertz CT molecular complexity index is 3280. The van der Waals surface area contributed by atoms with Crippen LogP contribution in [0.4, 0.5) is 0 Å². The zero-order valence-electron chi connectivity index (χ0n) is 33.6. The Kier molecular flexibility index (Phi) is 8.65. The zero-order valence-corrected chi connectivity index (χ0v) is 34.4. The maximum atomic E-state index is 5.10. The summed E-state index contributed by atoms with van der Waals surface area (Å²) < 4.78 is 0. The van der Waals surface area contributed by atoms with Crippen LogP contribution in [0.3, 0.4) is 0 Å². The second-order valence-electron chi connectivity index (χ2n) is 15.9. The van der Waals surface area contributed by atoms with Crippen molar-refractivity contribution in [2.24, 2.45) is 0 Å². The van der Waals surface area contributed by atoms with E-state index in [1.54, 1.807) is 0 Å². The number of rotatable bonds is 6.